The largest absolute Gasteiger partial charge is 0.497 e. The topological polar surface area (TPSA) is 119 Å². The van der Waals surface area contributed by atoms with Crippen LogP contribution in [0.25, 0.3) is 0 Å². The number of ether oxygens (including phenoxy) is 1. The Bertz CT molecular complexity index is 1350. The zero-order chi connectivity index (χ0) is 25.9. The van der Waals surface area contributed by atoms with E-state index in [0.29, 0.717) is 23.7 Å². The van der Waals surface area contributed by atoms with Crippen molar-refractivity contribution in [1.29, 1.82) is 0 Å². The number of amides is 2. The van der Waals surface area contributed by atoms with Crippen LogP contribution in [0.3, 0.4) is 0 Å². The van der Waals surface area contributed by atoms with Crippen molar-refractivity contribution in [2.75, 3.05) is 29.6 Å². The molecule has 2 amide bonds. The minimum atomic E-state index is -3.62. The minimum absolute atomic E-state index is 0.00408. The van der Waals surface area contributed by atoms with Crippen LogP contribution >= 0.6 is 11.3 Å². The van der Waals surface area contributed by atoms with Gasteiger partial charge in [0, 0.05) is 24.6 Å². The number of nitrogens with one attached hydrogen (secondary N) is 1. The lowest BCUT2D eigenvalue weighted by atomic mass is 10.1. The number of hydrogen-bond donors (Lipinski definition) is 1. The molecular formula is C25H28N4O5S2. The van der Waals surface area contributed by atoms with E-state index in [1.165, 1.54) is 23.5 Å². The molecule has 1 N–H and O–H groups in total. The molecule has 1 unspecified atom stereocenters. The summed E-state index contributed by atoms with van der Waals surface area (Å²) in [5.74, 6) is 0.157. The molecule has 0 saturated carbocycles. The number of sulfone groups is 1. The number of rotatable bonds is 9. The Hall–Kier alpha value is -3.31. The summed E-state index contributed by atoms with van der Waals surface area (Å²) in [6.07, 6.45) is 0.789. The molecule has 36 heavy (non-hydrogen) atoms. The van der Waals surface area contributed by atoms with E-state index < -0.39 is 15.7 Å². The van der Waals surface area contributed by atoms with Gasteiger partial charge in [0.05, 0.1) is 23.3 Å². The summed E-state index contributed by atoms with van der Waals surface area (Å²) in [4.78, 5) is 27.3. The van der Waals surface area contributed by atoms with Gasteiger partial charge in [0.25, 0.3) is 5.91 Å². The predicted octanol–water partition coefficient (Wildman–Crippen LogP) is 4.14. The molecule has 1 aromatic heterocycles. The molecule has 3 aromatic rings. The highest BCUT2D eigenvalue weighted by molar-refractivity contribution is 7.91. The van der Waals surface area contributed by atoms with Crippen molar-refractivity contribution in [3.8, 4) is 5.75 Å². The Labute approximate surface area is 214 Å². The number of carbonyl (C=O) groups excluding carboxylic acids is 2. The van der Waals surface area contributed by atoms with Crippen LogP contribution in [0.1, 0.15) is 48.0 Å². The van der Waals surface area contributed by atoms with E-state index >= 15 is 0 Å². The van der Waals surface area contributed by atoms with Gasteiger partial charge in [-0.15, -0.1) is 10.2 Å². The van der Waals surface area contributed by atoms with Crippen LogP contribution in [-0.4, -0.2) is 49.8 Å². The van der Waals surface area contributed by atoms with Gasteiger partial charge in [-0.1, -0.05) is 37.3 Å². The van der Waals surface area contributed by atoms with Crippen molar-refractivity contribution in [3.63, 3.8) is 0 Å². The molecule has 2 aromatic carbocycles. The van der Waals surface area contributed by atoms with Crippen LogP contribution in [0.15, 0.2) is 53.4 Å². The lowest BCUT2D eigenvalue weighted by molar-refractivity contribution is -0.117. The molecule has 0 spiro atoms. The molecule has 9 nitrogen and oxygen atoms in total. The lowest BCUT2D eigenvalue weighted by Crippen LogP contribution is -2.24. The third-order valence-corrected chi connectivity index (χ3v) is 8.75. The van der Waals surface area contributed by atoms with Gasteiger partial charge in [0.1, 0.15) is 10.8 Å². The summed E-state index contributed by atoms with van der Waals surface area (Å²) in [5.41, 5.74) is 0.844. The van der Waals surface area contributed by atoms with Crippen molar-refractivity contribution in [1.82, 2.24) is 10.2 Å². The summed E-state index contributed by atoms with van der Waals surface area (Å²) >= 11 is 1.18. The highest BCUT2D eigenvalue weighted by Gasteiger charge is 2.34. The summed E-state index contributed by atoms with van der Waals surface area (Å²) in [6, 6.07) is 13.4. The summed E-state index contributed by atoms with van der Waals surface area (Å²) in [7, 11) is -2.03. The first kappa shape index (κ1) is 25.8. The van der Waals surface area contributed by atoms with Gasteiger partial charge in [-0.05, 0) is 48.7 Å². The molecule has 0 aliphatic carbocycles. The first-order valence-electron chi connectivity index (χ1n) is 11.6. The van der Waals surface area contributed by atoms with Gasteiger partial charge < -0.3 is 9.64 Å². The van der Waals surface area contributed by atoms with Gasteiger partial charge in [-0.2, -0.15) is 0 Å². The Morgan fingerprint density at radius 2 is 1.89 bits per heavy atom. The first-order chi connectivity index (χ1) is 17.2. The summed E-state index contributed by atoms with van der Waals surface area (Å²) in [6.45, 7) is 4.36. The highest BCUT2D eigenvalue weighted by atomic mass is 32.2. The zero-order valence-electron chi connectivity index (χ0n) is 20.3. The minimum Gasteiger partial charge on any atom is -0.497 e. The van der Waals surface area contributed by atoms with Crippen LogP contribution in [0, 0.1) is 5.92 Å². The maximum absolute atomic E-state index is 13.0. The van der Waals surface area contributed by atoms with Crippen LogP contribution in [0.4, 0.5) is 10.8 Å². The fourth-order valence-electron chi connectivity index (χ4n) is 3.93. The Balaban J connectivity index is 1.46. The molecule has 0 bridgehead atoms. The molecule has 4 rings (SSSR count). The molecular weight excluding hydrogens is 500 g/mol. The van der Waals surface area contributed by atoms with Crippen LogP contribution in [-0.2, 0) is 14.6 Å². The average Bonchev–Trinajstić information content (AvgIpc) is 3.49. The zero-order valence-corrected chi connectivity index (χ0v) is 21.9. The first-order valence-corrected chi connectivity index (χ1v) is 14.1. The third kappa shape index (κ3) is 5.73. The van der Waals surface area contributed by atoms with E-state index in [0.717, 1.165) is 5.69 Å². The number of nitrogens with zero attached hydrogens (tertiary/aromatic N) is 3. The van der Waals surface area contributed by atoms with Crippen molar-refractivity contribution in [2.45, 2.75) is 37.5 Å². The number of hydrogen-bond acceptors (Lipinski definition) is 8. The maximum Gasteiger partial charge on any atom is 0.258 e. The molecule has 0 radical (unpaired) electrons. The molecule has 190 valence electrons. The third-order valence-electron chi connectivity index (χ3n) is 5.95. The van der Waals surface area contributed by atoms with E-state index in [1.54, 1.807) is 36.3 Å². The number of carbonyl (C=O) groups is 2. The monoisotopic (exact) mass is 528 g/mol. The predicted molar refractivity (Wildman–Crippen MR) is 139 cm³/mol. The van der Waals surface area contributed by atoms with Crippen molar-refractivity contribution >= 4 is 43.8 Å². The smallest absolute Gasteiger partial charge is 0.258 e. The van der Waals surface area contributed by atoms with E-state index in [2.05, 4.69) is 15.5 Å². The maximum atomic E-state index is 13.0. The lowest BCUT2D eigenvalue weighted by Gasteiger charge is -2.16. The molecule has 2 heterocycles. The van der Waals surface area contributed by atoms with E-state index in [4.69, 9.17) is 4.74 Å². The molecule has 1 atom stereocenters. The molecule has 1 saturated heterocycles. The molecule has 1 fully saturated rings. The number of methoxy groups -OCH3 is 1. The van der Waals surface area contributed by atoms with E-state index in [9.17, 15) is 18.0 Å². The van der Waals surface area contributed by atoms with Gasteiger partial charge >= 0.3 is 0 Å². The Morgan fingerprint density at radius 3 is 2.58 bits per heavy atom. The van der Waals surface area contributed by atoms with E-state index in [-0.39, 0.29) is 45.5 Å². The summed E-state index contributed by atoms with van der Waals surface area (Å²) in [5, 5.41) is 11.8. The molecule has 1 aliphatic rings. The molecule has 11 heteroatoms. The fraction of sp³-hybridized carbons (Fsp3) is 0.360. The van der Waals surface area contributed by atoms with Gasteiger partial charge in [-0.25, -0.2) is 8.42 Å². The highest BCUT2D eigenvalue weighted by Crippen LogP contribution is 2.35. The Morgan fingerprint density at radius 1 is 1.17 bits per heavy atom. The average molecular weight is 529 g/mol. The van der Waals surface area contributed by atoms with Crippen molar-refractivity contribution in [2.24, 2.45) is 5.92 Å². The van der Waals surface area contributed by atoms with Crippen LogP contribution < -0.4 is 15.0 Å². The quantitative estimate of drug-likeness (QED) is 0.443. The van der Waals surface area contributed by atoms with Crippen LogP contribution in [0.2, 0.25) is 0 Å². The normalized spacial score (nSPS) is 15.9. The standard InChI is InChI=1S/C25H28N4O5S2/c1-16(2)12-13-36(32,33)21-7-5-4-6-20(21)23(31)26-25-28-27-24(35-25)17-14-22(30)29(15-17)18-8-10-19(34-3)11-9-18/h4-11,16-17H,12-15H2,1-3H3,(H,26,28,31). The fourth-order valence-corrected chi connectivity index (χ4v) is 6.54. The van der Waals surface area contributed by atoms with Crippen molar-refractivity contribution in [3.05, 3.63) is 59.1 Å². The van der Waals surface area contributed by atoms with E-state index in [1.807, 2.05) is 26.0 Å². The second kappa shape index (κ2) is 10.8. The second-order valence-corrected chi connectivity index (χ2v) is 12.1. The number of anilines is 2. The number of aromatic nitrogens is 2. The summed E-state index contributed by atoms with van der Waals surface area (Å²) < 4.78 is 30.9. The number of benzene rings is 2. The van der Waals surface area contributed by atoms with Crippen LogP contribution in [0.5, 0.6) is 5.75 Å². The van der Waals surface area contributed by atoms with Crippen molar-refractivity contribution < 1.29 is 22.7 Å². The van der Waals surface area contributed by atoms with Gasteiger partial charge in [0.15, 0.2) is 9.84 Å². The van der Waals surface area contributed by atoms with Gasteiger partial charge in [0.2, 0.25) is 11.0 Å². The van der Waals surface area contributed by atoms with Gasteiger partial charge in [-0.3, -0.25) is 14.9 Å². The molecule has 1 aliphatic heterocycles. The SMILES string of the molecule is COc1ccc(N2CC(c3nnc(NC(=O)c4ccccc4S(=O)(=O)CCC(C)C)s3)CC2=O)cc1. The second-order valence-electron chi connectivity index (χ2n) is 9.00. The Kier molecular flexibility index (Phi) is 7.70.